The Morgan fingerprint density at radius 2 is 1.64 bits per heavy atom. The van der Waals surface area contributed by atoms with Gasteiger partial charge in [-0.1, -0.05) is 11.6 Å². The average Bonchev–Trinajstić information content (AvgIpc) is 1.60. The average molecular weight is 230 g/mol. The molecule has 1 N–H and O–H groups in total. The van der Waals surface area contributed by atoms with Crippen LogP contribution >= 0.6 is 11.6 Å². The van der Waals surface area contributed by atoms with Gasteiger partial charge in [0.05, 0.1) is 6.54 Å². The van der Waals surface area contributed by atoms with E-state index in [4.69, 9.17) is 11.6 Å². The second kappa shape index (κ2) is 5.36. The van der Waals surface area contributed by atoms with Crippen LogP contribution < -0.4 is 0 Å². The van der Waals surface area contributed by atoms with E-state index >= 15 is 0 Å². The Balaban J connectivity index is 0. The summed E-state index contributed by atoms with van der Waals surface area (Å²) in [5.74, 6) is 0. The Hall–Kier alpha value is 0.689. The van der Waals surface area contributed by atoms with Crippen LogP contribution in [0.1, 0.15) is 0 Å². The summed E-state index contributed by atoms with van der Waals surface area (Å²) in [4.78, 5) is 3.39. The van der Waals surface area contributed by atoms with Gasteiger partial charge in [-0.2, -0.15) is 0 Å². The standard InChI is InChI=1S/C6H15ClN2O.Cu/c1-8(2)5-6(7,10)9(3)4;/h10H,5H2,1-4H3;. The first-order chi connectivity index (χ1) is 4.36. The quantitative estimate of drug-likeness (QED) is 0.320. The molecule has 0 fully saturated rings. The minimum atomic E-state index is -1.25. The van der Waals surface area contributed by atoms with Crippen molar-refractivity contribution >= 4 is 11.6 Å². The van der Waals surface area contributed by atoms with Gasteiger partial charge in [0.1, 0.15) is 0 Å². The van der Waals surface area contributed by atoms with E-state index in [-0.39, 0.29) is 17.1 Å². The van der Waals surface area contributed by atoms with Crippen LogP contribution in [-0.2, 0) is 17.1 Å². The molecule has 3 nitrogen and oxygen atoms in total. The topological polar surface area (TPSA) is 26.7 Å². The molecule has 11 heavy (non-hydrogen) atoms. The van der Waals surface area contributed by atoms with Gasteiger partial charge in [-0.05, 0) is 28.2 Å². The summed E-state index contributed by atoms with van der Waals surface area (Å²) < 4.78 is 0. The summed E-state index contributed by atoms with van der Waals surface area (Å²) in [6.45, 7) is 0.418. The van der Waals surface area contributed by atoms with E-state index in [9.17, 15) is 5.11 Å². The van der Waals surface area contributed by atoms with Gasteiger partial charge in [0.2, 0.25) is 5.18 Å². The van der Waals surface area contributed by atoms with Crippen LogP contribution in [0.5, 0.6) is 0 Å². The monoisotopic (exact) mass is 229 g/mol. The zero-order chi connectivity index (χ0) is 8.36. The van der Waals surface area contributed by atoms with Gasteiger partial charge in [-0.15, -0.1) is 0 Å². The second-order valence-corrected chi connectivity index (χ2v) is 3.46. The first-order valence-corrected chi connectivity index (χ1v) is 3.47. The van der Waals surface area contributed by atoms with Gasteiger partial charge in [0, 0.05) is 17.1 Å². The van der Waals surface area contributed by atoms with Crippen LogP contribution in [0.25, 0.3) is 0 Å². The smallest absolute Gasteiger partial charge is 0.208 e. The number of likely N-dealkylation sites (N-methyl/N-ethyl adjacent to an activating group) is 2. The number of hydrogen-bond acceptors (Lipinski definition) is 3. The predicted molar refractivity (Wildman–Crippen MR) is 43.0 cm³/mol. The van der Waals surface area contributed by atoms with Gasteiger partial charge < -0.3 is 10.0 Å². The molecular formula is C6H15ClCuN2O. The molecule has 5 heteroatoms. The molecule has 0 spiro atoms. The molecule has 1 atom stereocenters. The Morgan fingerprint density at radius 3 is 1.73 bits per heavy atom. The van der Waals surface area contributed by atoms with Crippen molar-refractivity contribution in [3.05, 3.63) is 0 Å². The van der Waals surface area contributed by atoms with E-state index in [1.807, 2.05) is 19.0 Å². The minimum absolute atomic E-state index is 0. The number of alkyl halides is 1. The van der Waals surface area contributed by atoms with Crippen molar-refractivity contribution in [2.24, 2.45) is 0 Å². The van der Waals surface area contributed by atoms with Crippen molar-refractivity contribution in [1.82, 2.24) is 9.80 Å². The third-order valence-electron chi connectivity index (χ3n) is 1.20. The largest absolute Gasteiger partial charge is 0.362 e. The fraction of sp³-hybridized carbons (Fsp3) is 1.00. The first kappa shape index (κ1) is 14.2. The molecule has 0 aromatic carbocycles. The third kappa shape index (κ3) is 5.91. The van der Waals surface area contributed by atoms with Crippen molar-refractivity contribution < 1.29 is 22.2 Å². The Kier molecular flexibility index (Phi) is 6.93. The fourth-order valence-electron chi connectivity index (χ4n) is 0.544. The predicted octanol–water partition coefficient (Wildman–Crippen LogP) is -0.00800. The van der Waals surface area contributed by atoms with E-state index in [0.29, 0.717) is 6.54 Å². The van der Waals surface area contributed by atoms with Crippen LogP contribution in [0.2, 0.25) is 0 Å². The summed E-state index contributed by atoms with van der Waals surface area (Å²) in [6, 6.07) is 0. The maximum absolute atomic E-state index is 9.41. The molecule has 1 unspecified atom stereocenters. The van der Waals surface area contributed by atoms with Crippen LogP contribution in [-0.4, -0.2) is 54.8 Å². The molecule has 1 radical (unpaired) electrons. The zero-order valence-corrected chi connectivity index (χ0v) is 8.93. The van der Waals surface area contributed by atoms with Crippen molar-refractivity contribution in [3.63, 3.8) is 0 Å². The van der Waals surface area contributed by atoms with Crippen LogP contribution in [0.4, 0.5) is 0 Å². The minimum Gasteiger partial charge on any atom is -0.362 e. The van der Waals surface area contributed by atoms with Crippen LogP contribution in [0, 0.1) is 0 Å². The number of rotatable bonds is 3. The number of halogens is 1. The molecule has 0 heterocycles. The molecule has 0 bridgehead atoms. The number of hydrogen-bond donors (Lipinski definition) is 1. The summed E-state index contributed by atoms with van der Waals surface area (Å²) in [7, 11) is 7.18. The normalized spacial score (nSPS) is 16.4. The second-order valence-electron chi connectivity index (χ2n) is 2.85. The summed E-state index contributed by atoms with van der Waals surface area (Å²) in [5, 5.41) is 8.17. The number of nitrogens with zero attached hydrogens (tertiary/aromatic N) is 2. The summed E-state index contributed by atoms with van der Waals surface area (Å²) in [5.41, 5.74) is 0. The molecule has 0 rings (SSSR count). The SMILES string of the molecule is CN(C)CC(O)(Cl)N(C)C.[Cu]. The maximum Gasteiger partial charge on any atom is 0.208 e. The van der Waals surface area contributed by atoms with Gasteiger partial charge >= 0.3 is 0 Å². The van der Waals surface area contributed by atoms with Crippen LogP contribution in [0.15, 0.2) is 0 Å². The first-order valence-electron chi connectivity index (χ1n) is 3.09. The molecular weight excluding hydrogens is 215 g/mol. The maximum atomic E-state index is 9.41. The van der Waals surface area contributed by atoms with Crippen molar-refractivity contribution in [1.29, 1.82) is 0 Å². The Labute approximate surface area is 83.8 Å². The van der Waals surface area contributed by atoms with Gasteiger partial charge in [0.15, 0.2) is 0 Å². The zero-order valence-electron chi connectivity index (χ0n) is 7.23. The van der Waals surface area contributed by atoms with E-state index in [0.717, 1.165) is 0 Å². The van der Waals surface area contributed by atoms with E-state index in [1.54, 1.807) is 19.0 Å². The molecule has 0 aromatic heterocycles. The van der Waals surface area contributed by atoms with Crippen molar-refractivity contribution in [2.45, 2.75) is 5.18 Å². The Bertz CT molecular complexity index is 109. The molecule has 0 aliphatic carbocycles. The van der Waals surface area contributed by atoms with Crippen molar-refractivity contribution in [2.75, 3.05) is 34.7 Å². The molecule has 0 saturated heterocycles. The molecule has 73 valence electrons. The molecule has 0 amide bonds. The number of aliphatic hydroxyl groups is 1. The summed E-state index contributed by atoms with van der Waals surface area (Å²) in [6.07, 6.45) is 0. The molecule has 0 aliphatic rings. The summed E-state index contributed by atoms with van der Waals surface area (Å²) >= 11 is 5.71. The van der Waals surface area contributed by atoms with E-state index < -0.39 is 5.18 Å². The molecule has 0 saturated carbocycles. The van der Waals surface area contributed by atoms with E-state index in [2.05, 4.69) is 0 Å². The molecule has 0 aromatic rings. The fourth-order valence-corrected chi connectivity index (χ4v) is 0.783. The van der Waals surface area contributed by atoms with E-state index in [1.165, 1.54) is 0 Å². The third-order valence-corrected chi connectivity index (χ3v) is 1.66. The van der Waals surface area contributed by atoms with Gasteiger partial charge in [-0.25, -0.2) is 0 Å². The Morgan fingerprint density at radius 1 is 1.27 bits per heavy atom. The van der Waals surface area contributed by atoms with Gasteiger partial charge in [-0.3, -0.25) is 4.90 Å². The van der Waals surface area contributed by atoms with Crippen LogP contribution in [0.3, 0.4) is 0 Å². The van der Waals surface area contributed by atoms with Crippen molar-refractivity contribution in [3.8, 4) is 0 Å². The molecule has 0 aliphatic heterocycles. The van der Waals surface area contributed by atoms with Gasteiger partial charge in [0.25, 0.3) is 0 Å².